The molecule has 0 atom stereocenters. The average Bonchev–Trinajstić information content (AvgIpc) is 2.33. The summed E-state index contributed by atoms with van der Waals surface area (Å²) >= 11 is 0. The summed E-state index contributed by atoms with van der Waals surface area (Å²) in [5.74, 6) is 0.772. The monoisotopic (exact) mass is 255 g/mol. The lowest BCUT2D eigenvalue weighted by Gasteiger charge is -2.31. The summed E-state index contributed by atoms with van der Waals surface area (Å²) in [6, 6.07) is 0. The van der Waals surface area contributed by atoms with Crippen molar-refractivity contribution < 1.29 is 4.79 Å². The molecule has 0 spiro atoms. The van der Waals surface area contributed by atoms with Crippen LogP contribution in [0.5, 0.6) is 0 Å². The second kappa shape index (κ2) is 7.10. The van der Waals surface area contributed by atoms with Crippen molar-refractivity contribution in [1.82, 2.24) is 15.5 Å². The van der Waals surface area contributed by atoms with Crippen molar-refractivity contribution in [3.05, 3.63) is 0 Å². The molecule has 0 saturated carbocycles. The van der Waals surface area contributed by atoms with E-state index in [1.165, 1.54) is 25.9 Å². The van der Waals surface area contributed by atoms with Crippen LogP contribution in [0, 0.1) is 5.92 Å². The van der Waals surface area contributed by atoms with Gasteiger partial charge < -0.3 is 15.5 Å². The second-order valence-electron chi connectivity index (χ2n) is 6.29. The van der Waals surface area contributed by atoms with Crippen LogP contribution in [0.1, 0.15) is 40.5 Å². The molecule has 106 valence electrons. The summed E-state index contributed by atoms with van der Waals surface area (Å²) in [4.78, 5) is 14.1. The molecule has 0 bridgehead atoms. The van der Waals surface area contributed by atoms with E-state index in [0.29, 0.717) is 12.5 Å². The first-order valence-electron chi connectivity index (χ1n) is 7.15. The molecule has 0 aromatic heterocycles. The molecule has 18 heavy (non-hydrogen) atoms. The molecule has 0 aromatic carbocycles. The number of piperidine rings is 1. The summed E-state index contributed by atoms with van der Waals surface area (Å²) in [5.41, 5.74) is 0.00378. The van der Waals surface area contributed by atoms with Gasteiger partial charge in [-0.15, -0.1) is 0 Å². The van der Waals surface area contributed by atoms with E-state index in [9.17, 15) is 4.79 Å². The van der Waals surface area contributed by atoms with E-state index in [1.54, 1.807) is 0 Å². The largest absolute Gasteiger partial charge is 0.355 e. The summed E-state index contributed by atoms with van der Waals surface area (Å²) in [5, 5.41) is 6.24. The van der Waals surface area contributed by atoms with Gasteiger partial charge in [0.15, 0.2) is 0 Å². The van der Waals surface area contributed by atoms with Crippen LogP contribution < -0.4 is 10.6 Å². The van der Waals surface area contributed by atoms with E-state index in [1.807, 2.05) is 0 Å². The molecule has 1 saturated heterocycles. The number of carbonyl (C=O) groups excluding carboxylic acids is 1. The SMILES string of the molecule is CCN1CCC(CNC(=O)CNC(C)(C)C)CC1. The summed E-state index contributed by atoms with van der Waals surface area (Å²) in [6.07, 6.45) is 2.42. The Kier molecular flexibility index (Phi) is 6.09. The molecule has 1 amide bonds. The highest BCUT2D eigenvalue weighted by Crippen LogP contribution is 2.15. The number of likely N-dealkylation sites (tertiary alicyclic amines) is 1. The van der Waals surface area contributed by atoms with E-state index in [0.717, 1.165) is 13.1 Å². The molecule has 0 unspecified atom stereocenters. The van der Waals surface area contributed by atoms with Crippen molar-refractivity contribution in [3.63, 3.8) is 0 Å². The minimum Gasteiger partial charge on any atom is -0.355 e. The molecule has 2 N–H and O–H groups in total. The molecule has 1 aliphatic rings. The molecule has 4 heteroatoms. The Morgan fingerprint density at radius 1 is 1.28 bits per heavy atom. The minimum absolute atomic E-state index is 0.00378. The van der Waals surface area contributed by atoms with Gasteiger partial charge in [-0.25, -0.2) is 0 Å². The molecule has 1 rings (SSSR count). The average molecular weight is 255 g/mol. The molecule has 1 fully saturated rings. The maximum Gasteiger partial charge on any atom is 0.233 e. The van der Waals surface area contributed by atoms with Crippen molar-refractivity contribution in [1.29, 1.82) is 0 Å². The quantitative estimate of drug-likeness (QED) is 0.776. The van der Waals surface area contributed by atoms with Crippen LogP contribution in [0.25, 0.3) is 0 Å². The lowest BCUT2D eigenvalue weighted by molar-refractivity contribution is -0.120. The van der Waals surface area contributed by atoms with Gasteiger partial charge in [0.25, 0.3) is 0 Å². The van der Waals surface area contributed by atoms with Crippen molar-refractivity contribution in [2.75, 3.05) is 32.7 Å². The Hall–Kier alpha value is -0.610. The lowest BCUT2D eigenvalue weighted by Crippen LogP contribution is -2.45. The van der Waals surface area contributed by atoms with Crippen molar-refractivity contribution in [2.24, 2.45) is 5.92 Å². The number of nitrogens with one attached hydrogen (secondary N) is 2. The Morgan fingerprint density at radius 2 is 1.89 bits per heavy atom. The Bertz CT molecular complexity index is 252. The number of nitrogens with zero attached hydrogens (tertiary/aromatic N) is 1. The first kappa shape index (κ1) is 15.4. The van der Waals surface area contributed by atoms with Gasteiger partial charge in [0.2, 0.25) is 5.91 Å². The van der Waals surface area contributed by atoms with Crippen LogP contribution in [-0.4, -0.2) is 49.1 Å². The van der Waals surface area contributed by atoms with Gasteiger partial charge in [0.1, 0.15) is 0 Å². The third-order valence-corrected chi connectivity index (χ3v) is 3.52. The molecule has 1 heterocycles. The van der Waals surface area contributed by atoms with Crippen LogP contribution >= 0.6 is 0 Å². The van der Waals surface area contributed by atoms with Gasteiger partial charge in [0, 0.05) is 12.1 Å². The zero-order valence-electron chi connectivity index (χ0n) is 12.4. The number of rotatable bonds is 5. The lowest BCUT2D eigenvalue weighted by atomic mass is 9.97. The third-order valence-electron chi connectivity index (χ3n) is 3.52. The second-order valence-corrected chi connectivity index (χ2v) is 6.29. The van der Waals surface area contributed by atoms with E-state index >= 15 is 0 Å². The van der Waals surface area contributed by atoms with Crippen molar-refractivity contribution in [2.45, 2.75) is 46.1 Å². The highest BCUT2D eigenvalue weighted by molar-refractivity contribution is 5.78. The normalized spacial score (nSPS) is 18.9. The fraction of sp³-hybridized carbons (Fsp3) is 0.929. The molecular weight excluding hydrogens is 226 g/mol. The van der Waals surface area contributed by atoms with Crippen LogP contribution in [0.3, 0.4) is 0 Å². The van der Waals surface area contributed by atoms with Gasteiger partial charge >= 0.3 is 0 Å². The number of amides is 1. The van der Waals surface area contributed by atoms with Crippen molar-refractivity contribution >= 4 is 5.91 Å². The molecular formula is C14H29N3O. The standard InChI is InChI=1S/C14H29N3O/c1-5-17-8-6-12(7-9-17)10-15-13(18)11-16-14(2,3)4/h12,16H,5-11H2,1-4H3,(H,15,18). The van der Waals surface area contributed by atoms with Gasteiger partial charge in [-0.1, -0.05) is 6.92 Å². The van der Waals surface area contributed by atoms with Gasteiger partial charge in [-0.05, 0) is 59.2 Å². The van der Waals surface area contributed by atoms with E-state index in [-0.39, 0.29) is 11.4 Å². The maximum absolute atomic E-state index is 11.7. The highest BCUT2D eigenvalue weighted by atomic mass is 16.1. The van der Waals surface area contributed by atoms with Gasteiger partial charge in [-0.3, -0.25) is 4.79 Å². The predicted molar refractivity (Wildman–Crippen MR) is 75.6 cm³/mol. The maximum atomic E-state index is 11.7. The number of carbonyl (C=O) groups is 1. The summed E-state index contributed by atoms with van der Waals surface area (Å²) in [6.45, 7) is 13.2. The Morgan fingerprint density at radius 3 is 2.39 bits per heavy atom. The van der Waals surface area contributed by atoms with Crippen molar-refractivity contribution in [3.8, 4) is 0 Å². The van der Waals surface area contributed by atoms with Crippen LogP contribution in [-0.2, 0) is 4.79 Å². The molecule has 1 aliphatic heterocycles. The Balaban J connectivity index is 2.12. The molecule has 0 aliphatic carbocycles. The first-order chi connectivity index (χ1) is 8.40. The van der Waals surface area contributed by atoms with E-state index in [2.05, 4.69) is 43.2 Å². The predicted octanol–water partition coefficient (Wildman–Crippen LogP) is 1.22. The molecule has 0 radical (unpaired) electrons. The van der Waals surface area contributed by atoms with E-state index < -0.39 is 0 Å². The Labute approximate surface area is 111 Å². The van der Waals surface area contributed by atoms with Crippen LogP contribution in [0.2, 0.25) is 0 Å². The third kappa shape index (κ3) is 6.36. The minimum atomic E-state index is 0.00378. The smallest absolute Gasteiger partial charge is 0.233 e. The molecule has 4 nitrogen and oxygen atoms in total. The van der Waals surface area contributed by atoms with Crippen LogP contribution in [0.4, 0.5) is 0 Å². The van der Waals surface area contributed by atoms with E-state index in [4.69, 9.17) is 0 Å². The zero-order valence-corrected chi connectivity index (χ0v) is 12.4. The highest BCUT2D eigenvalue weighted by Gasteiger charge is 2.18. The fourth-order valence-corrected chi connectivity index (χ4v) is 2.17. The molecule has 0 aromatic rings. The van der Waals surface area contributed by atoms with Crippen LogP contribution in [0.15, 0.2) is 0 Å². The summed E-state index contributed by atoms with van der Waals surface area (Å²) < 4.78 is 0. The number of hydrogen-bond donors (Lipinski definition) is 2. The topological polar surface area (TPSA) is 44.4 Å². The van der Waals surface area contributed by atoms with Gasteiger partial charge in [-0.2, -0.15) is 0 Å². The fourth-order valence-electron chi connectivity index (χ4n) is 2.17. The first-order valence-corrected chi connectivity index (χ1v) is 7.15. The summed E-state index contributed by atoms with van der Waals surface area (Å²) in [7, 11) is 0. The van der Waals surface area contributed by atoms with Gasteiger partial charge in [0.05, 0.1) is 6.54 Å². The zero-order chi connectivity index (χ0) is 13.6. The number of hydrogen-bond acceptors (Lipinski definition) is 3.